The van der Waals surface area contributed by atoms with Gasteiger partial charge in [0.2, 0.25) is 0 Å². The number of hydrogen-bond donors (Lipinski definition) is 1. The maximum atomic E-state index is 13.1. The van der Waals surface area contributed by atoms with Gasteiger partial charge in [0.05, 0.1) is 5.02 Å². The van der Waals surface area contributed by atoms with Gasteiger partial charge in [-0.2, -0.15) is 0 Å². The Balaban J connectivity index is 1.97. The van der Waals surface area contributed by atoms with Gasteiger partial charge in [0.15, 0.2) is 6.61 Å². The lowest BCUT2D eigenvalue weighted by Gasteiger charge is -2.10. The lowest BCUT2D eigenvalue weighted by atomic mass is 10.2. The fraction of sp³-hybridized carbons (Fsp3) is 0.133. The standard InChI is InChI=1S/C15H12Cl2FNO2/c1-9-2-4-11(18)7-13(9)19-15(20)8-21-14-5-3-10(16)6-12(14)17/h2-7H,8H2,1H3,(H,19,20). The zero-order valence-electron chi connectivity index (χ0n) is 11.1. The van der Waals surface area contributed by atoms with E-state index in [4.69, 9.17) is 27.9 Å². The number of hydrogen-bond acceptors (Lipinski definition) is 2. The Morgan fingerprint density at radius 2 is 2.00 bits per heavy atom. The number of carbonyl (C=O) groups is 1. The molecule has 3 nitrogen and oxygen atoms in total. The molecule has 6 heteroatoms. The topological polar surface area (TPSA) is 38.3 Å². The van der Waals surface area contributed by atoms with E-state index >= 15 is 0 Å². The maximum Gasteiger partial charge on any atom is 0.262 e. The molecule has 1 amide bonds. The molecule has 0 unspecified atom stereocenters. The number of aryl methyl sites for hydroxylation is 1. The molecule has 0 aliphatic rings. The lowest BCUT2D eigenvalue weighted by molar-refractivity contribution is -0.118. The van der Waals surface area contributed by atoms with Crippen molar-refractivity contribution < 1.29 is 13.9 Å². The average Bonchev–Trinajstić information content (AvgIpc) is 2.42. The number of rotatable bonds is 4. The van der Waals surface area contributed by atoms with Gasteiger partial charge >= 0.3 is 0 Å². The Hall–Kier alpha value is -1.78. The van der Waals surface area contributed by atoms with E-state index in [-0.39, 0.29) is 6.61 Å². The molecule has 0 aliphatic heterocycles. The summed E-state index contributed by atoms with van der Waals surface area (Å²) in [6.07, 6.45) is 0. The molecule has 0 bridgehead atoms. The first-order chi connectivity index (χ1) is 9.95. The molecule has 110 valence electrons. The van der Waals surface area contributed by atoms with Crippen LogP contribution in [-0.4, -0.2) is 12.5 Å². The number of nitrogens with one attached hydrogen (secondary N) is 1. The Bertz CT molecular complexity index is 677. The number of benzene rings is 2. The van der Waals surface area contributed by atoms with Crippen molar-refractivity contribution in [2.24, 2.45) is 0 Å². The van der Waals surface area contributed by atoms with Gasteiger partial charge in [0, 0.05) is 10.7 Å². The highest BCUT2D eigenvalue weighted by Crippen LogP contribution is 2.27. The molecular formula is C15H12Cl2FNO2. The lowest BCUT2D eigenvalue weighted by Crippen LogP contribution is -2.20. The summed E-state index contributed by atoms with van der Waals surface area (Å²) < 4.78 is 18.4. The third kappa shape index (κ3) is 4.34. The van der Waals surface area contributed by atoms with Crippen LogP contribution in [-0.2, 0) is 4.79 Å². The fourth-order valence-electron chi connectivity index (χ4n) is 1.65. The second-order valence-electron chi connectivity index (χ2n) is 4.37. The summed E-state index contributed by atoms with van der Waals surface area (Å²) in [5, 5.41) is 3.37. The van der Waals surface area contributed by atoms with E-state index in [1.165, 1.54) is 18.2 Å². The number of carbonyl (C=O) groups excluding carboxylic acids is 1. The maximum absolute atomic E-state index is 13.1. The number of halogens is 3. The predicted molar refractivity (Wildman–Crippen MR) is 81.7 cm³/mol. The highest BCUT2D eigenvalue weighted by Gasteiger charge is 2.09. The molecule has 2 rings (SSSR count). The van der Waals surface area contributed by atoms with E-state index in [9.17, 15) is 9.18 Å². The van der Waals surface area contributed by atoms with Crippen molar-refractivity contribution >= 4 is 34.8 Å². The molecule has 1 N–H and O–H groups in total. The summed E-state index contributed by atoms with van der Waals surface area (Å²) in [5.74, 6) is -0.473. The quantitative estimate of drug-likeness (QED) is 0.900. The van der Waals surface area contributed by atoms with Crippen LogP contribution in [0.1, 0.15) is 5.56 Å². The van der Waals surface area contributed by atoms with E-state index < -0.39 is 11.7 Å². The fourth-order valence-corrected chi connectivity index (χ4v) is 2.11. The predicted octanol–water partition coefficient (Wildman–Crippen LogP) is 4.46. The summed E-state index contributed by atoms with van der Waals surface area (Å²) in [5.41, 5.74) is 1.17. The summed E-state index contributed by atoms with van der Waals surface area (Å²) in [6.45, 7) is 1.53. The molecule has 2 aromatic carbocycles. The highest BCUT2D eigenvalue weighted by molar-refractivity contribution is 6.35. The Morgan fingerprint density at radius 1 is 1.24 bits per heavy atom. The van der Waals surface area contributed by atoms with Crippen molar-refractivity contribution in [3.05, 3.63) is 57.8 Å². The zero-order valence-corrected chi connectivity index (χ0v) is 12.6. The highest BCUT2D eigenvalue weighted by atomic mass is 35.5. The molecule has 0 aromatic heterocycles. The summed E-state index contributed by atoms with van der Waals surface area (Å²) in [6, 6.07) is 8.87. The van der Waals surface area contributed by atoms with Gasteiger partial charge in [-0.15, -0.1) is 0 Å². The van der Waals surface area contributed by atoms with Crippen molar-refractivity contribution in [1.82, 2.24) is 0 Å². The van der Waals surface area contributed by atoms with E-state index in [1.54, 1.807) is 25.1 Å². The van der Waals surface area contributed by atoms with E-state index in [0.717, 1.165) is 5.56 Å². The third-order valence-corrected chi connectivity index (χ3v) is 3.26. The molecule has 21 heavy (non-hydrogen) atoms. The number of anilines is 1. The summed E-state index contributed by atoms with van der Waals surface area (Å²) >= 11 is 11.7. The van der Waals surface area contributed by atoms with Crippen LogP contribution in [0.15, 0.2) is 36.4 Å². The first kappa shape index (κ1) is 15.6. The first-order valence-electron chi connectivity index (χ1n) is 6.09. The third-order valence-electron chi connectivity index (χ3n) is 2.73. The van der Waals surface area contributed by atoms with E-state index in [0.29, 0.717) is 21.5 Å². The molecule has 0 saturated heterocycles. The molecule has 0 fully saturated rings. The van der Waals surface area contributed by atoms with Crippen LogP contribution in [0.5, 0.6) is 5.75 Å². The summed E-state index contributed by atoms with van der Waals surface area (Å²) in [4.78, 5) is 11.8. The average molecular weight is 328 g/mol. The summed E-state index contributed by atoms with van der Waals surface area (Å²) in [7, 11) is 0. The van der Waals surface area contributed by atoms with Crippen LogP contribution in [0.25, 0.3) is 0 Å². The van der Waals surface area contributed by atoms with Gasteiger partial charge in [0.1, 0.15) is 11.6 Å². The van der Waals surface area contributed by atoms with Crippen molar-refractivity contribution in [3.8, 4) is 5.75 Å². The van der Waals surface area contributed by atoms with Crippen LogP contribution < -0.4 is 10.1 Å². The van der Waals surface area contributed by atoms with Gasteiger partial charge in [-0.1, -0.05) is 29.3 Å². The zero-order chi connectivity index (χ0) is 15.4. The molecule has 0 saturated carbocycles. The van der Waals surface area contributed by atoms with Crippen molar-refractivity contribution in [2.75, 3.05) is 11.9 Å². The Morgan fingerprint density at radius 3 is 2.71 bits per heavy atom. The smallest absolute Gasteiger partial charge is 0.262 e. The molecule has 0 spiro atoms. The number of amides is 1. The van der Waals surface area contributed by atoms with Gasteiger partial charge < -0.3 is 10.1 Å². The van der Waals surface area contributed by atoms with E-state index in [1.807, 2.05) is 0 Å². The van der Waals surface area contributed by atoms with Gasteiger partial charge in [-0.25, -0.2) is 4.39 Å². The minimum absolute atomic E-state index is 0.239. The first-order valence-corrected chi connectivity index (χ1v) is 6.85. The number of ether oxygens (including phenoxy) is 1. The second kappa shape index (κ2) is 6.78. The normalized spacial score (nSPS) is 10.3. The molecule has 2 aromatic rings. The Labute approximate surface area is 131 Å². The SMILES string of the molecule is Cc1ccc(F)cc1NC(=O)COc1ccc(Cl)cc1Cl. The largest absolute Gasteiger partial charge is 0.482 e. The van der Waals surface area contributed by atoms with Crippen LogP contribution in [0.3, 0.4) is 0 Å². The van der Waals surface area contributed by atoms with Gasteiger partial charge in [-0.3, -0.25) is 4.79 Å². The molecule has 0 atom stereocenters. The van der Waals surface area contributed by atoms with Gasteiger partial charge in [0.25, 0.3) is 5.91 Å². The molecule has 0 heterocycles. The van der Waals surface area contributed by atoms with Crippen LogP contribution >= 0.6 is 23.2 Å². The van der Waals surface area contributed by atoms with Crippen molar-refractivity contribution in [1.29, 1.82) is 0 Å². The van der Waals surface area contributed by atoms with Crippen molar-refractivity contribution in [3.63, 3.8) is 0 Å². The molecule has 0 aliphatic carbocycles. The second-order valence-corrected chi connectivity index (χ2v) is 5.21. The minimum Gasteiger partial charge on any atom is -0.482 e. The monoisotopic (exact) mass is 327 g/mol. The van der Waals surface area contributed by atoms with Crippen LogP contribution in [0.4, 0.5) is 10.1 Å². The van der Waals surface area contributed by atoms with Gasteiger partial charge in [-0.05, 0) is 42.8 Å². The molecular weight excluding hydrogens is 316 g/mol. The Kier molecular flexibility index (Phi) is 5.04. The molecule has 0 radical (unpaired) electrons. The van der Waals surface area contributed by atoms with Crippen LogP contribution in [0, 0.1) is 12.7 Å². The van der Waals surface area contributed by atoms with Crippen LogP contribution in [0.2, 0.25) is 10.0 Å². The minimum atomic E-state index is -0.419. The van der Waals surface area contributed by atoms with E-state index in [2.05, 4.69) is 5.32 Å². The van der Waals surface area contributed by atoms with Crippen molar-refractivity contribution in [2.45, 2.75) is 6.92 Å².